The Balaban J connectivity index is 1.26. The van der Waals surface area contributed by atoms with Crippen molar-refractivity contribution in [1.82, 2.24) is 9.97 Å². The van der Waals surface area contributed by atoms with Crippen molar-refractivity contribution in [2.45, 2.75) is 15.2 Å². The fraction of sp³-hybridized carbons (Fsp3) is 0.0213. The first-order valence-corrected chi connectivity index (χ1v) is 18.8. The highest BCUT2D eigenvalue weighted by Gasteiger charge is 2.53. The lowest BCUT2D eigenvalue weighted by Crippen LogP contribution is -2.35. The van der Waals surface area contributed by atoms with Crippen molar-refractivity contribution in [1.29, 1.82) is 0 Å². The van der Waals surface area contributed by atoms with Crippen LogP contribution < -0.4 is 0 Å². The minimum atomic E-state index is -3.75. The molecule has 0 unspecified atom stereocenters. The molecule has 4 nitrogen and oxygen atoms in total. The van der Waals surface area contributed by atoms with Gasteiger partial charge in [0.1, 0.15) is 0 Å². The Morgan fingerprint density at radius 3 is 1.56 bits per heavy atom. The molecule has 0 fully saturated rings. The fourth-order valence-electron chi connectivity index (χ4n) is 8.34. The Bertz CT molecular complexity index is 2760. The van der Waals surface area contributed by atoms with E-state index in [0.29, 0.717) is 15.6 Å². The van der Waals surface area contributed by atoms with Gasteiger partial charge in [0.25, 0.3) is 0 Å². The van der Waals surface area contributed by atoms with Crippen molar-refractivity contribution >= 4 is 9.84 Å². The van der Waals surface area contributed by atoms with Gasteiger partial charge in [-0.25, -0.2) is 18.4 Å². The van der Waals surface area contributed by atoms with Gasteiger partial charge in [-0.05, 0) is 68.8 Å². The second-order valence-corrected chi connectivity index (χ2v) is 15.2. The highest BCUT2D eigenvalue weighted by Crippen LogP contribution is 2.62. The van der Waals surface area contributed by atoms with Crippen molar-refractivity contribution in [2.24, 2.45) is 0 Å². The third kappa shape index (κ3) is 4.36. The van der Waals surface area contributed by atoms with Crippen LogP contribution in [0.15, 0.2) is 192 Å². The molecule has 2 heterocycles. The molecular formula is C47H30N2O2S. The lowest BCUT2D eigenvalue weighted by molar-refractivity contribution is 0.580. The van der Waals surface area contributed by atoms with Crippen molar-refractivity contribution in [3.05, 3.63) is 204 Å². The molecule has 1 aliphatic carbocycles. The summed E-state index contributed by atoms with van der Waals surface area (Å²) in [5.41, 5.74) is 11.5. The maximum Gasteiger partial charge on any atom is 0.207 e. The first-order valence-electron chi connectivity index (χ1n) is 17.3. The van der Waals surface area contributed by atoms with Crippen LogP contribution >= 0.6 is 0 Å². The fourth-order valence-corrected chi connectivity index (χ4v) is 10.1. The molecule has 10 rings (SSSR count). The third-order valence-electron chi connectivity index (χ3n) is 10.5. The molecule has 1 aliphatic heterocycles. The Hall–Kier alpha value is -6.43. The van der Waals surface area contributed by atoms with Crippen LogP contribution in [0.3, 0.4) is 0 Å². The van der Waals surface area contributed by atoms with E-state index in [2.05, 4.69) is 103 Å². The van der Waals surface area contributed by atoms with E-state index in [1.807, 2.05) is 66.7 Å². The highest BCUT2D eigenvalue weighted by molar-refractivity contribution is 7.91. The second-order valence-electron chi connectivity index (χ2n) is 13.3. The Morgan fingerprint density at radius 1 is 0.385 bits per heavy atom. The Kier molecular flexibility index (Phi) is 6.76. The minimum Gasteiger partial charge on any atom is -0.228 e. The van der Waals surface area contributed by atoms with E-state index in [0.717, 1.165) is 72.6 Å². The first kappa shape index (κ1) is 30.4. The van der Waals surface area contributed by atoms with Crippen molar-refractivity contribution in [2.75, 3.05) is 0 Å². The van der Waals surface area contributed by atoms with Crippen molar-refractivity contribution in [3.8, 4) is 56.2 Å². The zero-order chi connectivity index (χ0) is 34.9. The number of hydrogen-bond donors (Lipinski definition) is 0. The molecule has 5 heteroatoms. The normalized spacial score (nSPS) is 14.2. The zero-order valence-electron chi connectivity index (χ0n) is 27.9. The molecule has 0 saturated carbocycles. The predicted octanol–water partition coefficient (Wildman–Crippen LogP) is 10.7. The van der Waals surface area contributed by atoms with Gasteiger partial charge in [-0.1, -0.05) is 158 Å². The van der Waals surface area contributed by atoms with Gasteiger partial charge in [-0.3, -0.25) is 0 Å². The molecule has 0 atom stereocenters. The van der Waals surface area contributed by atoms with Gasteiger partial charge in [0.15, 0.2) is 5.82 Å². The van der Waals surface area contributed by atoms with Crippen LogP contribution in [-0.2, 0) is 15.3 Å². The largest absolute Gasteiger partial charge is 0.228 e. The zero-order valence-corrected chi connectivity index (χ0v) is 28.8. The number of hydrogen-bond acceptors (Lipinski definition) is 4. The molecular weight excluding hydrogens is 657 g/mol. The smallest absolute Gasteiger partial charge is 0.207 e. The number of aromatic nitrogens is 2. The number of fused-ring (bicyclic) bond motifs is 9. The third-order valence-corrected chi connectivity index (χ3v) is 12.4. The summed E-state index contributed by atoms with van der Waals surface area (Å²) in [5.74, 6) is 0.607. The number of nitrogens with zero attached hydrogens (tertiary/aromatic N) is 2. The highest BCUT2D eigenvalue weighted by atomic mass is 32.2. The SMILES string of the molecule is O=S1(=O)c2ccccc2C2(c3ccccc3-c3c(-c4nc(-c5ccccc5)cc(-c5cccc(-c6ccccc6)c5)n4)cccc32)c2ccccc21. The lowest BCUT2D eigenvalue weighted by atomic mass is 9.67. The number of rotatable bonds is 4. The summed E-state index contributed by atoms with van der Waals surface area (Å²) >= 11 is 0. The molecule has 7 aromatic carbocycles. The maximum absolute atomic E-state index is 14.2. The monoisotopic (exact) mass is 686 g/mol. The van der Waals surface area contributed by atoms with E-state index in [1.165, 1.54) is 0 Å². The van der Waals surface area contributed by atoms with Crippen LogP contribution in [-0.4, -0.2) is 18.4 Å². The summed E-state index contributed by atoms with van der Waals surface area (Å²) in [6.45, 7) is 0. The predicted molar refractivity (Wildman–Crippen MR) is 207 cm³/mol. The molecule has 0 radical (unpaired) electrons. The van der Waals surface area contributed by atoms with Crippen LogP contribution in [0, 0.1) is 0 Å². The maximum atomic E-state index is 14.2. The molecule has 0 N–H and O–H groups in total. The quantitative estimate of drug-likeness (QED) is 0.185. The summed E-state index contributed by atoms with van der Waals surface area (Å²) in [4.78, 5) is 11.3. The van der Waals surface area contributed by atoms with E-state index in [9.17, 15) is 8.42 Å². The van der Waals surface area contributed by atoms with Gasteiger partial charge >= 0.3 is 0 Å². The first-order chi connectivity index (χ1) is 25.5. The average Bonchev–Trinajstić information content (AvgIpc) is 3.52. The van der Waals surface area contributed by atoms with Gasteiger partial charge in [-0.2, -0.15) is 0 Å². The summed E-state index contributed by atoms with van der Waals surface area (Å²) in [6, 6.07) is 60.8. The van der Waals surface area contributed by atoms with E-state index in [-0.39, 0.29) is 0 Å². The summed E-state index contributed by atoms with van der Waals surface area (Å²) in [6.07, 6.45) is 0. The molecule has 0 saturated heterocycles. The summed E-state index contributed by atoms with van der Waals surface area (Å²) in [7, 11) is -3.75. The second kappa shape index (κ2) is 11.6. The van der Waals surface area contributed by atoms with E-state index in [1.54, 1.807) is 12.1 Å². The summed E-state index contributed by atoms with van der Waals surface area (Å²) < 4.78 is 28.4. The van der Waals surface area contributed by atoms with Gasteiger partial charge in [-0.15, -0.1) is 0 Å². The summed E-state index contributed by atoms with van der Waals surface area (Å²) in [5, 5.41) is 0. The topological polar surface area (TPSA) is 59.9 Å². The molecule has 2 aliphatic rings. The lowest BCUT2D eigenvalue weighted by Gasteiger charge is -2.39. The molecule has 1 spiro atoms. The van der Waals surface area contributed by atoms with Crippen LogP contribution in [0.5, 0.6) is 0 Å². The molecule has 52 heavy (non-hydrogen) atoms. The Morgan fingerprint density at radius 2 is 0.865 bits per heavy atom. The minimum absolute atomic E-state index is 0.338. The molecule has 0 amide bonds. The van der Waals surface area contributed by atoms with E-state index < -0.39 is 15.3 Å². The van der Waals surface area contributed by atoms with Crippen LogP contribution in [0.4, 0.5) is 0 Å². The van der Waals surface area contributed by atoms with Crippen LogP contribution in [0.25, 0.3) is 56.2 Å². The van der Waals surface area contributed by atoms with E-state index in [4.69, 9.17) is 9.97 Å². The number of sulfone groups is 1. The average molecular weight is 687 g/mol. The van der Waals surface area contributed by atoms with Gasteiger partial charge in [0.2, 0.25) is 9.84 Å². The number of benzene rings is 7. The van der Waals surface area contributed by atoms with Gasteiger partial charge in [0, 0.05) is 16.7 Å². The molecule has 0 bridgehead atoms. The Labute approximate surface area is 302 Å². The standard InChI is InChI=1S/C47H30N2O2S/c50-52(51)43-27-11-9-24-38(43)47(39-25-10-12-28-44(39)52)37-23-8-7-21-35(37)45-36(22-14-26-40(45)47)46-48-41(32-17-5-2-6-18-32)30-42(49-46)34-20-13-19-33(29-34)31-15-3-1-4-16-31/h1-30H. The molecule has 246 valence electrons. The van der Waals surface area contributed by atoms with Crippen molar-refractivity contribution in [3.63, 3.8) is 0 Å². The van der Waals surface area contributed by atoms with E-state index >= 15 is 0 Å². The van der Waals surface area contributed by atoms with Crippen LogP contribution in [0.2, 0.25) is 0 Å². The molecule has 1 aromatic heterocycles. The van der Waals surface area contributed by atoms with Gasteiger partial charge in [0.05, 0.1) is 26.6 Å². The van der Waals surface area contributed by atoms with Gasteiger partial charge < -0.3 is 0 Å². The van der Waals surface area contributed by atoms with Crippen molar-refractivity contribution < 1.29 is 8.42 Å². The molecule has 8 aromatic rings. The van der Waals surface area contributed by atoms with Crippen LogP contribution in [0.1, 0.15) is 22.3 Å².